The summed E-state index contributed by atoms with van der Waals surface area (Å²) < 4.78 is 0. The summed E-state index contributed by atoms with van der Waals surface area (Å²) in [4.78, 5) is 12.6. The Hall–Kier alpha value is -1.59. The van der Waals surface area contributed by atoms with Gasteiger partial charge in [-0.15, -0.1) is 12.3 Å². The molecule has 1 saturated heterocycles. The summed E-state index contributed by atoms with van der Waals surface area (Å²) in [5, 5.41) is 3.33. The molecule has 1 heterocycles. The molecule has 18 heavy (non-hydrogen) atoms. The summed E-state index contributed by atoms with van der Waals surface area (Å²) in [7, 11) is 0. The molecule has 0 bridgehead atoms. The van der Waals surface area contributed by atoms with Crippen LogP contribution < -0.4 is 5.32 Å². The molecule has 0 radical (unpaired) electrons. The standard InChI is InChI=1S/C16H19NO/c1-2-3-9-15(18)16(10-12-17-13-11-16)14-7-5-4-6-8-14/h1,4-8,17H,3,9-13H2. The molecule has 2 rings (SSSR count). The van der Waals surface area contributed by atoms with Crippen molar-refractivity contribution in [2.75, 3.05) is 13.1 Å². The quantitative estimate of drug-likeness (QED) is 0.819. The first-order valence-electron chi connectivity index (χ1n) is 6.52. The lowest BCUT2D eigenvalue weighted by atomic mass is 9.69. The Labute approximate surface area is 109 Å². The van der Waals surface area contributed by atoms with Crippen molar-refractivity contribution in [2.24, 2.45) is 0 Å². The van der Waals surface area contributed by atoms with Crippen LogP contribution in [0, 0.1) is 12.3 Å². The number of rotatable bonds is 4. The lowest BCUT2D eigenvalue weighted by molar-refractivity contribution is -0.125. The Balaban J connectivity index is 2.29. The third-order valence-electron chi connectivity index (χ3n) is 3.81. The molecule has 0 amide bonds. The van der Waals surface area contributed by atoms with Crippen molar-refractivity contribution in [2.45, 2.75) is 31.1 Å². The van der Waals surface area contributed by atoms with Crippen molar-refractivity contribution >= 4 is 5.78 Å². The smallest absolute Gasteiger partial charge is 0.144 e. The van der Waals surface area contributed by atoms with E-state index >= 15 is 0 Å². The van der Waals surface area contributed by atoms with E-state index < -0.39 is 0 Å². The van der Waals surface area contributed by atoms with Gasteiger partial charge in [-0.1, -0.05) is 30.3 Å². The fraction of sp³-hybridized carbons (Fsp3) is 0.438. The number of terminal acetylenes is 1. The molecule has 1 fully saturated rings. The number of ketones is 1. The summed E-state index contributed by atoms with van der Waals surface area (Å²) in [6.07, 6.45) is 8.06. The first-order valence-corrected chi connectivity index (χ1v) is 6.52. The van der Waals surface area contributed by atoms with Gasteiger partial charge in [0.2, 0.25) is 0 Å². The maximum Gasteiger partial charge on any atom is 0.144 e. The number of hydrogen-bond donors (Lipinski definition) is 1. The van der Waals surface area contributed by atoms with Crippen LogP contribution in [0.25, 0.3) is 0 Å². The van der Waals surface area contributed by atoms with Crippen LogP contribution in [-0.2, 0) is 10.2 Å². The number of piperidine rings is 1. The number of carbonyl (C=O) groups is 1. The Bertz CT molecular complexity index is 438. The minimum absolute atomic E-state index is 0.299. The van der Waals surface area contributed by atoms with Gasteiger partial charge in [0.15, 0.2) is 0 Å². The van der Waals surface area contributed by atoms with Crippen LogP contribution in [-0.4, -0.2) is 18.9 Å². The molecule has 1 aliphatic heterocycles. The Morgan fingerprint density at radius 2 is 1.94 bits per heavy atom. The Kier molecular flexibility index (Phi) is 4.17. The fourth-order valence-corrected chi connectivity index (χ4v) is 2.76. The van der Waals surface area contributed by atoms with Gasteiger partial charge in [-0.25, -0.2) is 0 Å². The zero-order chi connectivity index (χ0) is 12.8. The van der Waals surface area contributed by atoms with Crippen molar-refractivity contribution in [3.8, 4) is 12.3 Å². The highest BCUT2D eigenvalue weighted by Gasteiger charge is 2.39. The summed E-state index contributed by atoms with van der Waals surface area (Å²) in [5.74, 6) is 2.87. The van der Waals surface area contributed by atoms with E-state index in [9.17, 15) is 4.79 Å². The molecule has 0 aliphatic carbocycles. The average Bonchev–Trinajstić information content (AvgIpc) is 2.46. The number of nitrogens with one attached hydrogen (secondary N) is 1. The molecular weight excluding hydrogens is 222 g/mol. The maximum absolute atomic E-state index is 12.6. The van der Waals surface area contributed by atoms with Crippen LogP contribution in [0.4, 0.5) is 0 Å². The zero-order valence-electron chi connectivity index (χ0n) is 10.6. The summed E-state index contributed by atoms with van der Waals surface area (Å²) in [6.45, 7) is 1.80. The molecule has 2 nitrogen and oxygen atoms in total. The maximum atomic E-state index is 12.6. The average molecular weight is 241 g/mol. The van der Waals surface area contributed by atoms with E-state index in [1.165, 1.54) is 0 Å². The molecule has 0 spiro atoms. The van der Waals surface area contributed by atoms with E-state index in [-0.39, 0.29) is 5.41 Å². The Morgan fingerprint density at radius 3 is 2.56 bits per heavy atom. The number of hydrogen-bond acceptors (Lipinski definition) is 2. The summed E-state index contributed by atoms with van der Waals surface area (Å²) >= 11 is 0. The van der Waals surface area contributed by atoms with E-state index in [0.717, 1.165) is 31.5 Å². The van der Waals surface area contributed by atoms with E-state index in [1.54, 1.807) is 0 Å². The van der Waals surface area contributed by atoms with Crippen LogP contribution >= 0.6 is 0 Å². The third kappa shape index (κ3) is 2.47. The molecule has 2 heteroatoms. The highest BCUT2D eigenvalue weighted by Crippen LogP contribution is 2.35. The highest BCUT2D eigenvalue weighted by atomic mass is 16.1. The highest BCUT2D eigenvalue weighted by molar-refractivity contribution is 5.90. The van der Waals surface area contributed by atoms with Gasteiger partial charge in [-0.2, -0.15) is 0 Å². The molecule has 0 saturated carbocycles. The lowest BCUT2D eigenvalue weighted by Gasteiger charge is -2.36. The van der Waals surface area contributed by atoms with Gasteiger partial charge < -0.3 is 5.32 Å². The van der Waals surface area contributed by atoms with Crippen molar-refractivity contribution in [1.82, 2.24) is 5.32 Å². The normalized spacial score (nSPS) is 17.9. The van der Waals surface area contributed by atoms with Gasteiger partial charge in [0.1, 0.15) is 5.78 Å². The zero-order valence-corrected chi connectivity index (χ0v) is 10.6. The van der Waals surface area contributed by atoms with Crippen molar-refractivity contribution in [3.63, 3.8) is 0 Å². The SMILES string of the molecule is C#CCCC(=O)C1(c2ccccc2)CCNCC1. The van der Waals surface area contributed by atoms with Crippen LogP contribution in [0.2, 0.25) is 0 Å². The molecule has 94 valence electrons. The van der Waals surface area contributed by atoms with E-state index in [1.807, 2.05) is 18.2 Å². The van der Waals surface area contributed by atoms with Crippen LogP contribution in [0.3, 0.4) is 0 Å². The Morgan fingerprint density at radius 1 is 1.28 bits per heavy atom. The van der Waals surface area contributed by atoms with Crippen molar-refractivity contribution in [3.05, 3.63) is 35.9 Å². The van der Waals surface area contributed by atoms with Crippen molar-refractivity contribution in [1.29, 1.82) is 0 Å². The number of benzene rings is 1. The molecule has 0 atom stereocenters. The summed E-state index contributed by atoms with van der Waals surface area (Å²) in [5.41, 5.74) is 0.831. The van der Waals surface area contributed by atoms with Crippen molar-refractivity contribution < 1.29 is 4.79 Å². The molecule has 1 aromatic carbocycles. The third-order valence-corrected chi connectivity index (χ3v) is 3.81. The van der Waals surface area contributed by atoms with E-state index in [2.05, 4.69) is 23.4 Å². The lowest BCUT2D eigenvalue weighted by Crippen LogP contribution is -2.45. The minimum Gasteiger partial charge on any atom is -0.317 e. The van der Waals surface area contributed by atoms with Gasteiger partial charge in [0.25, 0.3) is 0 Å². The van der Waals surface area contributed by atoms with Gasteiger partial charge >= 0.3 is 0 Å². The van der Waals surface area contributed by atoms with E-state index in [0.29, 0.717) is 18.6 Å². The second kappa shape index (κ2) is 5.84. The van der Waals surface area contributed by atoms with E-state index in [4.69, 9.17) is 6.42 Å². The first-order chi connectivity index (χ1) is 8.79. The van der Waals surface area contributed by atoms with Crippen LogP contribution in [0.15, 0.2) is 30.3 Å². The first kappa shape index (κ1) is 12.9. The second-order valence-corrected chi connectivity index (χ2v) is 4.83. The monoisotopic (exact) mass is 241 g/mol. The number of Topliss-reactive ketones (excluding diaryl/α,β-unsaturated/α-hetero) is 1. The topological polar surface area (TPSA) is 29.1 Å². The molecule has 1 aliphatic rings. The molecule has 0 aromatic heterocycles. The molecular formula is C16H19NO. The molecule has 1 N–H and O–H groups in total. The predicted molar refractivity (Wildman–Crippen MR) is 73.3 cm³/mol. The molecule has 0 unspecified atom stereocenters. The van der Waals surface area contributed by atoms with Gasteiger partial charge in [0.05, 0.1) is 5.41 Å². The van der Waals surface area contributed by atoms with Crippen LogP contribution in [0.1, 0.15) is 31.2 Å². The minimum atomic E-state index is -0.316. The largest absolute Gasteiger partial charge is 0.317 e. The fourth-order valence-electron chi connectivity index (χ4n) is 2.76. The predicted octanol–water partition coefficient (Wildman–Crippen LogP) is 2.29. The van der Waals surface area contributed by atoms with Gasteiger partial charge in [-0.05, 0) is 31.5 Å². The summed E-state index contributed by atoms with van der Waals surface area (Å²) in [6, 6.07) is 10.1. The van der Waals surface area contributed by atoms with Crippen LogP contribution in [0.5, 0.6) is 0 Å². The second-order valence-electron chi connectivity index (χ2n) is 4.83. The molecule has 1 aromatic rings. The van der Waals surface area contributed by atoms with Gasteiger partial charge in [0, 0.05) is 12.8 Å². The number of carbonyl (C=O) groups excluding carboxylic acids is 1. The van der Waals surface area contributed by atoms with Gasteiger partial charge in [-0.3, -0.25) is 4.79 Å².